The molecule has 0 fully saturated rings. The number of fused-ring (bicyclic) bond motifs is 1. The average Bonchev–Trinajstić information content (AvgIpc) is 3.03. The first-order chi connectivity index (χ1) is 9.78. The Morgan fingerprint density at radius 3 is 3.05 bits per heavy atom. The van der Waals surface area contributed by atoms with E-state index in [1.54, 1.807) is 0 Å². The third-order valence-electron chi connectivity index (χ3n) is 4.31. The van der Waals surface area contributed by atoms with E-state index in [-0.39, 0.29) is 0 Å². The van der Waals surface area contributed by atoms with Crippen molar-refractivity contribution in [2.45, 2.75) is 45.2 Å². The molecule has 1 N–H and O–H groups in total. The van der Waals surface area contributed by atoms with Gasteiger partial charge in [-0.15, -0.1) is 0 Å². The summed E-state index contributed by atoms with van der Waals surface area (Å²) in [5, 5.41) is 7.83. The van der Waals surface area contributed by atoms with E-state index in [1.165, 1.54) is 36.1 Å². The van der Waals surface area contributed by atoms with E-state index in [0.29, 0.717) is 6.04 Å². The lowest BCUT2D eigenvalue weighted by atomic mass is 9.91. The maximum Gasteiger partial charge on any atom is 0.0492 e. The molecule has 1 unspecified atom stereocenters. The monoisotopic (exact) mass is 272 g/mol. The molecule has 0 amide bonds. The first-order valence-electron chi connectivity index (χ1n) is 7.66. The first-order valence-corrected chi connectivity index (χ1v) is 7.66. The van der Waals surface area contributed by atoms with E-state index in [9.17, 15) is 0 Å². The predicted octanol–water partition coefficient (Wildman–Crippen LogP) is 2.45. The minimum absolute atomic E-state index is 0.557. The van der Waals surface area contributed by atoms with E-state index in [0.717, 1.165) is 19.5 Å². The standard InChI is InChI=1S/C16H24N4/c1-3-17-16-6-4-5-13-11-20(12-15(13)16)10-8-14-7-9-18-19(14)2/h7,9,11-12,16-17H,3-6,8,10H2,1-2H3. The molecule has 0 saturated heterocycles. The van der Waals surface area contributed by atoms with Gasteiger partial charge in [-0.25, -0.2) is 0 Å². The van der Waals surface area contributed by atoms with Crippen molar-refractivity contribution < 1.29 is 0 Å². The molecule has 108 valence electrons. The van der Waals surface area contributed by atoms with Gasteiger partial charge in [0.15, 0.2) is 0 Å². The fraction of sp³-hybridized carbons (Fsp3) is 0.562. The van der Waals surface area contributed by atoms with Crippen molar-refractivity contribution in [3.63, 3.8) is 0 Å². The Morgan fingerprint density at radius 2 is 2.30 bits per heavy atom. The molecule has 4 heteroatoms. The van der Waals surface area contributed by atoms with Crippen LogP contribution in [-0.2, 0) is 26.4 Å². The van der Waals surface area contributed by atoms with Crippen molar-refractivity contribution >= 4 is 0 Å². The third kappa shape index (κ3) is 2.66. The van der Waals surface area contributed by atoms with Crippen LogP contribution in [0.4, 0.5) is 0 Å². The molecule has 2 aromatic rings. The molecule has 0 spiro atoms. The van der Waals surface area contributed by atoms with Crippen molar-refractivity contribution in [3.8, 4) is 0 Å². The predicted molar refractivity (Wildman–Crippen MR) is 80.7 cm³/mol. The second kappa shape index (κ2) is 5.83. The van der Waals surface area contributed by atoms with E-state index in [4.69, 9.17) is 0 Å². The topological polar surface area (TPSA) is 34.8 Å². The Bertz CT molecular complexity index is 567. The zero-order chi connectivity index (χ0) is 13.9. The fourth-order valence-corrected chi connectivity index (χ4v) is 3.23. The number of hydrogen-bond acceptors (Lipinski definition) is 2. The second-order valence-electron chi connectivity index (χ2n) is 5.68. The van der Waals surface area contributed by atoms with Gasteiger partial charge in [-0.2, -0.15) is 5.10 Å². The highest BCUT2D eigenvalue weighted by Gasteiger charge is 2.21. The molecule has 0 saturated carbocycles. The Labute approximate surface area is 120 Å². The number of rotatable bonds is 5. The molecule has 2 heterocycles. The van der Waals surface area contributed by atoms with Gasteiger partial charge >= 0.3 is 0 Å². The smallest absolute Gasteiger partial charge is 0.0492 e. The summed E-state index contributed by atoms with van der Waals surface area (Å²) in [4.78, 5) is 0. The molecular formula is C16H24N4. The van der Waals surface area contributed by atoms with Gasteiger partial charge in [-0.3, -0.25) is 4.68 Å². The van der Waals surface area contributed by atoms with Gasteiger partial charge in [0.05, 0.1) is 0 Å². The minimum Gasteiger partial charge on any atom is -0.353 e. The number of nitrogens with one attached hydrogen (secondary N) is 1. The highest BCUT2D eigenvalue weighted by atomic mass is 15.3. The van der Waals surface area contributed by atoms with Crippen molar-refractivity contribution in [3.05, 3.63) is 41.5 Å². The highest BCUT2D eigenvalue weighted by Crippen LogP contribution is 2.30. The average molecular weight is 272 g/mol. The van der Waals surface area contributed by atoms with Crippen molar-refractivity contribution in [1.82, 2.24) is 19.7 Å². The van der Waals surface area contributed by atoms with Crippen LogP contribution >= 0.6 is 0 Å². The summed E-state index contributed by atoms with van der Waals surface area (Å²) in [7, 11) is 2.01. The normalized spacial score (nSPS) is 18.2. The molecule has 1 atom stereocenters. The van der Waals surface area contributed by atoms with Gasteiger partial charge in [0.2, 0.25) is 0 Å². The molecular weight excluding hydrogens is 248 g/mol. The van der Waals surface area contributed by atoms with Crippen molar-refractivity contribution in [1.29, 1.82) is 0 Å². The first kappa shape index (κ1) is 13.4. The minimum atomic E-state index is 0.557. The lowest BCUT2D eigenvalue weighted by Gasteiger charge is -2.22. The lowest BCUT2D eigenvalue weighted by molar-refractivity contribution is 0.473. The number of nitrogens with zero attached hydrogens (tertiary/aromatic N) is 3. The Kier molecular flexibility index (Phi) is 3.92. The summed E-state index contributed by atoms with van der Waals surface area (Å²) in [6.07, 6.45) is 11.4. The second-order valence-corrected chi connectivity index (χ2v) is 5.68. The van der Waals surface area contributed by atoms with Crippen LogP contribution in [0.2, 0.25) is 0 Å². The van der Waals surface area contributed by atoms with Crippen LogP contribution in [0.25, 0.3) is 0 Å². The summed E-state index contributed by atoms with van der Waals surface area (Å²) in [5.74, 6) is 0. The molecule has 0 aliphatic heterocycles. The Hall–Kier alpha value is -1.55. The van der Waals surface area contributed by atoms with Crippen molar-refractivity contribution in [2.24, 2.45) is 7.05 Å². The Balaban J connectivity index is 1.71. The van der Waals surface area contributed by atoms with Gasteiger partial charge in [0.25, 0.3) is 0 Å². The molecule has 3 rings (SSSR count). The van der Waals surface area contributed by atoms with Gasteiger partial charge < -0.3 is 9.88 Å². The van der Waals surface area contributed by atoms with E-state index in [1.807, 2.05) is 17.9 Å². The molecule has 20 heavy (non-hydrogen) atoms. The van der Waals surface area contributed by atoms with Crippen LogP contribution in [0.3, 0.4) is 0 Å². The lowest BCUT2D eigenvalue weighted by Crippen LogP contribution is -2.23. The van der Waals surface area contributed by atoms with Crippen LogP contribution in [-0.4, -0.2) is 20.9 Å². The van der Waals surface area contributed by atoms with E-state index in [2.05, 4.69) is 40.4 Å². The summed E-state index contributed by atoms with van der Waals surface area (Å²) in [5.41, 5.74) is 4.34. The molecule has 0 aromatic carbocycles. The summed E-state index contributed by atoms with van der Waals surface area (Å²) < 4.78 is 4.32. The molecule has 1 aliphatic carbocycles. The van der Waals surface area contributed by atoms with Gasteiger partial charge in [0, 0.05) is 50.3 Å². The summed E-state index contributed by atoms with van der Waals surface area (Å²) >= 11 is 0. The maximum absolute atomic E-state index is 4.23. The molecule has 1 aliphatic rings. The third-order valence-corrected chi connectivity index (χ3v) is 4.31. The molecule has 2 aromatic heterocycles. The van der Waals surface area contributed by atoms with Gasteiger partial charge in [-0.1, -0.05) is 6.92 Å². The zero-order valence-electron chi connectivity index (χ0n) is 12.5. The van der Waals surface area contributed by atoms with Crippen LogP contribution < -0.4 is 5.32 Å². The van der Waals surface area contributed by atoms with Crippen LogP contribution in [0, 0.1) is 0 Å². The van der Waals surface area contributed by atoms with E-state index < -0.39 is 0 Å². The largest absolute Gasteiger partial charge is 0.353 e. The van der Waals surface area contributed by atoms with Gasteiger partial charge in [-0.05, 0) is 43.0 Å². The van der Waals surface area contributed by atoms with E-state index >= 15 is 0 Å². The van der Waals surface area contributed by atoms with Crippen LogP contribution in [0.1, 0.15) is 42.6 Å². The highest BCUT2D eigenvalue weighted by molar-refractivity contribution is 5.30. The molecule has 4 nitrogen and oxygen atoms in total. The van der Waals surface area contributed by atoms with Crippen molar-refractivity contribution in [2.75, 3.05) is 6.54 Å². The van der Waals surface area contributed by atoms with Crippen LogP contribution in [0.5, 0.6) is 0 Å². The summed E-state index contributed by atoms with van der Waals surface area (Å²) in [6, 6.07) is 2.66. The quantitative estimate of drug-likeness (QED) is 0.907. The SMILES string of the molecule is CCNC1CCCc2cn(CCc3ccnn3C)cc21. The number of aromatic nitrogens is 3. The van der Waals surface area contributed by atoms with Gasteiger partial charge in [0.1, 0.15) is 0 Å². The zero-order valence-corrected chi connectivity index (χ0v) is 12.5. The molecule has 0 bridgehead atoms. The summed E-state index contributed by atoms with van der Waals surface area (Å²) in [6.45, 7) is 4.27. The number of hydrogen-bond donors (Lipinski definition) is 1. The number of aryl methyl sites for hydroxylation is 4. The van der Waals surface area contributed by atoms with Crippen LogP contribution in [0.15, 0.2) is 24.7 Å². The fourth-order valence-electron chi connectivity index (χ4n) is 3.23. The molecule has 0 radical (unpaired) electrons. The Morgan fingerprint density at radius 1 is 1.40 bits per heavy atom. The maximum atomic E-state index is 4.23.